The summed E-state index contributed by atoms with van der Waals surface area (Å²) >= 11 is 0. The highest BCUT2D eigenvalue weighted by Gasteiger charge is 2.27. The van der Waals surface area contributed by atoms with Gasteiger partial charge in [0.05, 0.1) is 18.7 Å². The number of aromatic nitrogens is 2. The van der Waals surface area contributed by atoms with Crippen molar-refractivity contribution in [1.82, 2.24) is 20.2 Å². The Hall–Kier alpha value is -2.57. The summed E-state index contributed by atoms with van der Waals surface area (Å²) in [6.45, 7) is 3.04. The monoisotopic (exact) mass is 346 g/mol. The smallest absolute Gasteiger partial charge is 0.317 e. The van der Waals surface area contributed by atoms with Crippen LogP contribution in [0.15, 0.2) is 30.6 Å². The highest BCUT2D eigenvalue weighted by atomic mass is 19.1. The van der Waals surface area contributed by atoms with E-state index in [1.807, 2.05) is 0 Å². The van der Waals surface area contributed by atoms with Gasteiger partial charge in [-0.15, -0.1) is 0 Å². The van der Waals surface area contributed by atoms with Gasteiger partial charge >= 0.3 is 6.03 Å². The molecule has 2 atom stereocenters. The van der Waals surface area contributed by atoms with Gasteiger partial charge in [-0.1, -0.05) is 6.07 Å². The molecule has 0 aliphatic carbocycles. The van der Waals surface area contributed by atoms with E-state index in [9.17, 15) is 9.18 Å². The summed E-state index contributed by atoms with van der Waals surface area (Å²) in [7, 11) is 1.49. The number of likely N-dealkylation sites (tertiary alicyclic amines) is 1. The fraction of sp³-hybridized carbons (Fsp3) is 0.444. The molecule has 1 aromatic heterocycles. The minimum absolute atomic E-state index is 0.200. The molecule has 6 nitrogen and oxygen atoms in total. The largest absolute Gasteiger partial charge is 0.496 e. The van der Waals surface area contributed by atoms with Crippen LogP contribution in [0.4, 0.5) is 9.18 Å². The van der Waals surface area contributed by atoms with E-state index in [0.29, 0.717) is 24.4 Å². The van der Waals surface area contributed by atoms with E-state index in [4.69, 9.17) is 4.74 Å². The summed E-state index contributed by atoms with van der Waals surface area (Å²) in [5.41, 5.74) is 0.359. The standard InChI is InChI=1S/C18H23FN4O2/c1-12(16-14(19)6-3-7-15(16)25-2)22-18(24)23-10-4-5-13(11-23)17-20-8-9-21-17/h3,6-9,12-13H,4-5,10-11H2,1-2H3,(H,20,21)(H,22,24)/t12-,13-/m1/s1. The Morgan fingerprint density at radius 2 is 2.36 bits per heavy atom. The lowest BCUT2D eigenvalue weighted by atomic mass is 9.97. The summed E-state index contributed by atoms with van der Waals surface area (Å²) in [4.78, 5) is 21.8. The van der Waals surface area contributed by atoms with Gasteiger partial charge in [0.15, 0.2) is 0 Å². The van der Waals surface area contributed by atoms with Crippen molar-refractivity contribution in [3.8, 4) is 5.75 Å². The van der Waals surface area contributed by atoms with Gasteiger partial charge in [0.2, 0.25) is 0 Å². The first kappa shape index (κ1) is 17.3. The summed E-state index contributed by atoms with van der Waals surface area (Å²) in [5.74, 6) is 1.15. The first-order valence-corrected chi connectivity index (χ1v) is 8.47. The number of H-pyrrole nitrogens is 1. The predicted molar refractivity (Wildman–Crippen MR) is 92.0 cm³/mol. The van der Waals surface area contributed by atoms with Gasteiger partial charge in [0.1, 0.15) is 17.4 Å². The van der Waals surface area contributed by atoms with Gasteiger partial charge in [-0.05, 0) is 31.9 Å². The lowest BCUT2D eigenvalue weighted by molar-refractivity contribution is 0.175. The number of ether oxygens (including phenoxy) is 1. The third-order valence-electron chi connectivity index (χ3n) is 4.62. The molecule has 2 N–H and O–H groups in total. The summed E-state index contributed by atoms with van der Waals surface area (Å²) in [6, 6.07) is 3.95. The maximum absolute atomic E-state index is 14.2. The molecule has 25 heavy (non-hydrogen) atoms. The number of urea groups is 1. The predicted octanol–water partition coefficient (Wildman–Crippen LogP) is 3.21. The van der Waals surface area contributed by atoms with Crippen molar-refractivity contribution in [2.45, 2.75) is 31.7 Å². The Bertz CT molecular complexity index is 720. The number of imidazole rings is 1. The number of methoxy groups -OCH3 is 1. The van der Waals surface area contributed by atoms with Crippen molar-refractivity contribution in [3.05, 3.63) is 47.8 Å². The molecule has 0 bridgehead atoms. The quantitative estimate of drug-likeness (QED) is 0.893. The molecule has 1 aliphatic heterocycles. The highest BCUT2D eigenvalue weighted by molar-refractivity contribution is 5.75. The topological polar surface area (TPSA) is 70.2 Å². The second-order valence-electron chi connectivity index (χ2n) is 6.29. The number of rotatable bonds is 4. The number of carbonyl (C=O) groups is 1. The molecule has 1 fully saturated rings. The number of halogens is 1. The molecule has 3 rings (SSSR count). The van der Waals surface area contributed by atoms with E-state index >= 15 is 0 Å². The Morgan fingerprint density at radius 1 is 1.52 bits per heavy atom. The first-order chi connectivity index (χ1) is 12.1. The maximum Gasteiger partial charge on any atom is 0.317 e. The van der Waals surface area contributed by atoms with E-state index in [1.165, 1.54) is 13.2 Å². The summed E-state index contributed by atoms with van der Waals surface area (Å²) in [5, 5.41) is 2.88. The molecular weight excluding hydrogens is 323 g/mol. The zero-order valence-electron chi connectivity index (χ0n) is 14.5. The second kappa shape index (κ2) is 7.55. The lowest BCUT2D eigenvalue weighted by Gasteiger charge is -2.33. The molecule has 7 heteroatoms. The van der Waals surface area contributed by atoms with Crippen molar-refractivity contribution in [2.24, 2.45) is 0 Å². The lowest BCUT2D eigenvalue weighted by Crippen LogP contribution is -2.45. The number of nitrogens with one attached hydrogen (secondary N) is 2. The minimum atomic E-state index is -0.493. The SMILES string of the molecule is COc1cccc(F)c1[C@@H](C)NC(=O)N1CCC[C@@H](c2ncc[nH]2)C1. The molecule has 1 saturated heterocycles. The Kier molecular flexibility index (Phi) is 5.21. The number of aromatic amines is 1. The molecule has 0 unspecified atom stereocenters. The maximum atomic E-state index is 14.2. The summed E-state index contributed by atoms with van der Waals surface area (Å²) in [6.07, 6.45) is 5.42. The molecule has 134 valence electrons. The number of carbonyl (C=O) groups excluding carboxylic acids is 1. The molecule has 2 aromatic rings. The molecule has 0 radical (unpaired) electrons. The van der Waals surface area contributed by atoms with Crippen LogP contribution >= 0.6 is 0 Å². The van der Waals surface area contributed by atoms with Gasteiger partial charge in [-0.25, -0.2) is 14.2 Å². The minimum Gasteiger partial charge on any atom is -0.496 e. The first-order valence-electron chi connectivity index (χ1n) is 8.47. The number of nitrogens with zero attached hydrogens (tertiary/aromatic N) is 2. The van der Waals surface area contributed by atoms with Crippen LogP contribution in [0.2, 0.25) is 0 Å². The van der Waals surface area contributed by atoms with Gasteiger partial charge in [0, 0.05) is 31.4 Å². The zero-order valence-corrected chi connectivity index (χ0v) is 14.5. The third-order valence-corrected chi connectivity index (χ3v) is 4.62. The fourth-order valence-electron chi connectivity index (χ4n) is 3.35. The second-order valence-corrected chi connectivity index (χ2v) is 6.29. The Balaban J connectivity index is 1.67. The van der Waals surface area contributed by atoms with Crippen LogP contribution in [-0.2, 0) is 0 Å². The van der Waals surface area contributed by atoms with E-state index in [0.717, 1.165) is 18.7 Å². The van der Waals surface area contributed by atoms with E-state index in [2.05, 4.69) is 15.3 Å². The average Bonchev–Trinajstić information content (AvgIpc) is 3.16. The Morgan fingerprint density at radius 3 is 3.08 bits per heavy atom. The zero-order chi connectivity index (χ0) is 17.8. The van der Waals surface area contributed by atoms with E-state index in [-0.39, 0.29) is 17.8 Å². The molecule has 2 amide bonds. The van der Waals surface area contributed by atoms with Crippen LogP contribution in [0.5, 0.6) is 5.75 Å². The van der Waals surface area contributed by atoms with Crippen LogP contribution in [0.25, 0.3) is 0 Å². The molecule has 0 spiro atoms. The molecule has 0 saturated carbocycles. The van der Waals surface area contributed by atoms with Crippen LogP contribution in [-0.4, -0.2) is 41.1 Å². The normalized spacial score (nSPS) is 18.7. The molecule has 2 heterocycles. The number of piperidine rings is 1. The van der Waals surface area contributed by atoms with Crippen molar-refractivity contribution in [3.63, 3.8) is 0 Å². The van der Waals surface area contributed by atoms with Crippen LogP contribution in [0.3, 0.4) is 0 Å². The van der Waals surface area contributed by atoms with E-state index < -0.39 is 6.04 Å². The number of hydrogen-bond acceptors (Lipinski definition) is 3. The van der Waals surface area contributed by atoms with E-state index in [1.54, 1.807) is 36.4 Å². The van der Waals surface area contributed by atoms with Crippen LogP contribution in [0, 0.1) is 5.82 Å². The van der Waals surface area contributed by atoms with Crippen molar-refractivity contribution >= 4 is 6.03 Å². The molecule has 1 aromatic carbocycles. The molecule has 1 aliphatic rings. The number of benzene rings is 1. The van der Waals surface area contributed by atoms with Gasteiger partial charge in [-0.2, -0.15) is 0 Å². The van der Waals surface area contributed by atoms with Gasteiger partial charge < -0.3 is 19.9 Å². The van der Waals surface area contributed by atoms with Gasteiger partial charge in [0.25, 0.3) is 0 Å². The third kappa shape index (κ3) is 3.75. The highest BCUT2D eigenvalue weighted by Crippen LogP contribution is 2.29. The van der Waals surface area contributed by atoms with Crippen LogP contribution < -0.4 is 10.1 Å². The van der Waals surface area contributed by atoms with Crippen molar-refractivity contribution in [1.29, 1.82) is 0 Å². The Labute approximate surface area is 146 Å². The fourth-order valence-corrected chi connectivity index (χ4v) is 3.35. The van der Waals surface area contributed by atoms with Crippen molar-refractivity contribution < 1.29 is 13.9 Å². The number of amides is 2. The summed E-state index contributed by atoms with van der Waals surface area (Å²) < 4.78 is 19.4. The molecular formula is C18H23FN4O2. The number of hydrogen-bond donors (Lipinski definition) is 2. The average molecular weight is 346 g/mol. The van der Waals surface area contributed by atoms with Crippen molar-refractivity contribution in [2.75, 3.05) is 20.2 Å². The van der Waals surface area contributed by atoms with Gasteiger partial charge in [-0.3, -0.25) is 0 Å². The van der Waals surface area contributed by atoms with Crippen LogP contribution in [0.1, 0.15) is 43.1 Å².